The Labute approximate surface area is 143 Å². The van der Waals surface area contributed by atoms with Crippen LogP contribution in [0.25, 0.3) is 11.3 Å². The van der Waals surface area contributed by atoms with E-state index in [0.29, 0.717) is 29.8 Å². The number of aromatic amines is 1. The number of carbonyl (C=O) groups is 2. The van der Waals surface area contributed by atoms with Crippen molar-refractivity contribution >= 4 is 11.9 Å². The molecular weight excluding hydrogens is 329 g/mol. The molecule has 1 aromatic heterocycles. The number of nitrogens with zero attached hydrogens (tertiary/aromatic N) is 2. The number of aliphatic carboxylic acids is 1. The van der Waals surface area contributed by atoms with Gasteiger partial charge < -0.3 is 14.7 Å². The van der Waals surface area contributed by atoms with Gasteiger partial charge in [-0.05, 0) is 30.7 Å². The maximum absolute atomic E-state index is 13.1. The maximum Gasteiger partial charge on any atom is 0.313 e. The Balaban J connectivity index is 1.85. The molecule has 0 bridgehead atoms. The quantitative estimate of drug-likeness (QED) is 0.860. The number of hydrogen-bond acceptors (Lipinski definition) is 4. The number of halogens is 1. The number of methoxy groups -OCH3 is 1. The average Bonchev–Trinajstić information content (AvgIpc) is 3.23. The first-order valence-electron chi connectivity index (χ1n) is 7.78. The second kappa shape index (κ2) is 6.64. The summed E-state index contributed by atoms with van der Waals surface area (Å²) in [4.78, 5) is 25.9. The van der Waals surface area contributed by atoms with E-state index in [-0.39, 0.29) is 24.9 Å². The lowest BCUT2D eigenvalue weighted by atomic mass is 9.88. The van der Waals surface area contributed by atoms with Crippen molar-refractivity contribution in [2.75, 3.05) is 26.8 Å². The standard InChI is InChI=1S/C17H18FN3O4/c1-25-10-17(16(23)24)6-7-21(9-17)15(22)13-8-19-20-14(13)11-2-4-12(18)5-3-11/h2-5,8H,6-7,9-10H2,1H3,(H,19,20)(H,23,24). The molecule has 1 aromatic carbocycles. The molecule has 25 heavy (non-hydrogen) atoms. The number of rotatable bonds is 5. The summed E-state index contributed by atoms with van der Waals surface area (Å²) in [5.41, 5.74) is 0.335. The van der Waals surface area contributed by atoms with Crippen molar-refractivity contribution in [3.8, 4) is 11.3 Å². The van der Waals surface area contributed by atoms with Gasteiger partial charge in [-0.1, -0.05) is 0 Å². The van der Waals surface area contributed by atoms with Gasteiger partial charge in [-0.2, -0.15) is 5.10 Å². The number of carbonyl (C=O) groups excluding carboxylic acids is 1. The highest BCUT2D eigenvalue weighted by molar-refractivity contribution is 6.00. The first-order chi connectivity index (χ1) is 12.0. The Kier molecular flexibility index (Phi) is 4.54. The van der Waals surface area contributed by atoms with Crippen LogP contribution >= 0.6 is 0 Å². The molecule has 2 N–H and O–H groups in total. The molecule has 1 aliphatic rings. The van der Waals surface area contributed by atoms with Gasteiger partial charge in [0.15, 0.2) is 0 Å². The van der Waals surface area contributed by atoms with Crippen molar-refractivity contribution in [2.24, 2.45) is 5.41 Å². The van der Waals surface area contributed by atoms with Crippen LogP contribution in [-0.2, 0) is 9.53 Å². The Morgan fingerprint density at radius 3 is 2.76 bits per heavy atom. The minimum atomic E-state index is -1.09. The molecule has 0 radical (unpaired) electrons. The SMILES string of the molecule is COCC1(C(=O)O)CCN(C(=O)c2cn[nH]c2-c2ccc(F)cc2)C1. The number of nitrogens with one attached hydrogen (secondary N) is 1. The van der Waals surface area contributed by atoms with Gasteiger partial charge in [0.25, 0.3) is 5.91 Å². The molecule has 0 saturated carbocycles. The van der Waals surface area contributed by atoms with Crippen molar-refractivity contribution < 1.29 is 23.8 Å². The normalized spacial score (nSPS) is 20.0. The van der Waals surface area contributed by atoms with Crippen molar-refractivity contribution in [3.05, 3.63) is 41.8 Å². The number of carboxylic acid groups (broad SMARTS) is 1. The molecule has 8 heteroatoms. The molecule has 3 rings (SSSR count). The van der Waals surface area contributed by atoms with Crippen LogP contribution in [0.5, 0.6) is 0 Å². The van der Waals surface area contributed by atoms with E-state index < -0.39 is 11.4 Å². The number of amides is 1. The van der Waals surface area contributed by atoms with Crippen molar-refractivity contribution in [1.29, 1.82) is 0 Å². The van der Waals surface area contributed by atoms with E-state index in [9.17, 15) is 19.1 Å². The van der Waals surface area contributed by atoms with Gasteiger partial charge in [-0.25, -0.2) is 4.39 Å². The number of carboxylic acids is 1. The molecule has 1 fully saturated rings. The molecule has 132 valence electrons. The highest BCUT2D eigenvalue weighted by Crippen LogP contribution is 2.33. The molecule has 1 atom stereocenters. The van der Waals surface area contributed by atoms with Gasteiger partial charge in [-0.3, -0.25) is 14.7 Å². The van der Waals surface area contributed by atoms with Crippen molar-refractivity contribution in [2.45, 2.75) is 6.42 Å². The van der Waals surface area contributed by atoms with Crippen molar-refractivity contribution in [1.82, 2.24) is 15.1 Å². The topological polar surface area (TPSA) is 95.5 Å². The van der Waals surface area contributed by atoms with Crippen LogP contribution in [0, 0.1) is 11.2 Å². The Morgan fingerprint density at radius 2 is 2.12 bits per heavy atom. The first kappa shape index (κ1) is 17.1. The van der Waals surface area contributed by atoms with E-state index in [1.807, 2.05) is 0 Å². The fourth-order valence-corrected chi connectivity index (χ4v) is 3.13. The van der Waals surface area contributed by atoms with Crippen molar-refractivity contribution in [3.63, 3.8) is 0 Å². The molecule has 0 spiro atoms. The molecule has 1 aliphatic heterocycles. The largest absolute Gasteiger partial charge is 0.481 e. The highest BCUT2D eigenvalue weighted by atomic mass is 19.1. The van der Waals surface area contributed by atoms with E-state index >= 15 is 0 Å². The van der Waals surface area contributed by atoms with E-state index in [0.717, 1.165) is 0 Å². The smallest absolute Gasteiger partial charge is 0.313 e. The van der Waals surface area contributed by atoms with Gasteiger partial charge in [-0.15, -0.1) is 0 Å². The lowest BCUT2D eigenvalue weighted by Crippen LogP contribution is -2.40. The number of ether oxygens (including phenoxy) is 1. The molecule has 2 heterocycles. The summed E-state index contributed by atoms with van der Waals surface area (Å²) in [6, 6.07) is 5.70. The van der Waals surface area contributed by atoms with Gasteiger partial charge in [0.2, 0.25) is 0 Å². The lowest BCUT2D eigenvalue weighted by molar-refractivity contribution is -0.151. The van der Waals surface area contributed by atoms with Crippen LogP contribution in [0.3, 0.4) is 0 Å². The van der Waals surface area contributed by atoms with E-state index in [2.05, 4.69) is 10.2 Å². The molecule has 1 saturated heterocycles. The maximum atomic E-state index is 13.1. The first-order valence-corrected chi connectivity index (χ1v) is 7.78. The molecule has 1 amide bonds. The number of likely N-dealkylation sites (tertiary alicyclic amines) is 1. The highest BCUT2D eigenvalue weighted by Gasteiger charge is 2.46. The fourth-order valence-electron chi connectivity index (χ4n) is 3.13. The fraction of sp³-hybridized carbons (Fsp3) is 0.353. The minimum Gasteiger partial charge on any atom is -0.481 e. The Bertz CT molecular complexity index is 789. The Morgan fingerprint density at radius 1 is 1.40 bits per heavy atom. The summed E-state index contributed by atoms with van der Waals surface area (Å²) >= 11 is 0. The molecule has 7 nitrogen and oxygen atoms in total. The summed E-state index contributed by atoms with van der Waals surface area (Å²) in [6.45, 7) is 0.438. The summed E-state index contributed by atoms with van der Waals surface area (Å²) in [5.74, 6) is -1.66. The van der Waals surface area contributed by atoms with Crippen LogP contribution in [0.2, 0.25) is 0 Å². The summed E-state index contributed by atoms with van der Waals surface area (Å²) in [7, 11) is 1.44. The van der Waals surface area contributed by atoms with Crippen LogP contribution < -0.4 is 0 Å². The van der Waals surface area contributed by atoms with E-state index in [4.69, 9.17) is 4.74 Å². The third kappa shape index (κ3) is 3.12. The van der Waals surface area contributed by atoms with Crippen LogP contribution in [0.4, 0.5) is 4.39 Å². The van der Waals surface area contributed by atoms with Crippen LogP contribution in [0.1, 0.15) is 16.8 Å². The molecule has 0 aliphatic carbocycles. The second-order valence-corrected chi connectivity index (χ2v) is 6.16. The van der Waals surface area contributed by atoms with Gasteiger partial charge in [0.05, 0.1) is 24.1 Å². The third-order valence-corrected chi connectivity index (χ3v) is 4.52. The molecule has 1 unspecified atom stereocenters. The van der Waals surface area contributed by atoms with Gasteiger partial charge >= 0.3 is 5.97 Å². The lowest BCUT2D eigenvalue weighted by Gasteiger charge is -2.23. The number of aromatic nitrogens is 2. The molecular formula is C17H18FN3O4. The number of benzene rings is 1. The number of hydrogen-bond donors (Lipinski definition) is 2. The van der Waals surface area contributed by atoms with Crippen LogP contribution in [0.15, 0.2) is 30.5 Å². The number of H-pyrrole nitrogens is 1. The van der Waals surface area contributed by atoms with Crippen LogP contribution in [-0.4, -0.2) is 58.9 Å². The predicted octanol–water partition coefficient (Wildman–Crippen LogP) is 1.78. The third-order valence-electron chi connectivity index (χ3n) is 4.52. The monoisotopic (exact) mass is 347 g/mol. The summed E-state index contributed by atoms with van der Waals surface area (Å²) < 4.78 is 18.1. The zero-order valence-corrected chi connectivity index (χ0v) is 13.7. The van der Waals surface area contributed by atoms with E-state index in [1.165, 1.54) is 30.3 Å². The van der Waals surface area contributed by atoms with Gasteiger partial charge in [0.1, 0.15) is 11.2 Å². The van der Waals surface area contributed by atoms with E-state index in [1.54, 1.807) is 12.1 Å². The summed E-state index contributed by atoms with van der Waals surface area (Å²) in [6.07, 6.45) is 1.73. The zero-order chi connectivity index (χ0) is 18.0. The zero-order valence-electron chi connectivity index (χ0n) is 13.7. The second-order valence-electron chi connectivity index (χ2n) is 6.16. The minimum absolute atomic E-state index is 0.0440. The predicted molar refractivity (Wildman–Crippen MR) is 86.4 cm³/mol. The van der Waals surface area contributed by atoms with Gasteiger partial charge in [0, 0.05) is 25.8 Å². The Hall–Kier alpha value is -2.74. The summed E-state index contributed by atoms with van der Waals surface area (Å²) in [5, 5.41) is 16.2. The average molecular weight is 347 g/mol. The molecule has 2 aromatic rings.